The number of benzene rings is 1. The van der Waals surface area contributed by atoms with Crippen LogP contribution in [0.3, 0.4) is 0 Å². The molecule has 1 aromatic rings. The summed E-state index contributed by atoms with van der Waals surface area (Å²) in [6.45, 7) is 8.63. The third-order valence-electron chi connectivity index (χ3n) is 6.51. The Morgan fingerprint density at radius 3 is 2.50 bits per heavy atom. The van der Waals surface area contributed by atoms with Gasteiger partial charge < -0.3 is 15.5 Å². The third kappa shape index (κ3) is 6.14. The van der Waals surface area contributed by atoms with Crippen molar-refractivity contribution in [1.82, 2.24) is 20.4 Å². The molecular weight excluding hydrogens is 384 g/mol. The van der Waals surface area contributed by atoms with Crippen LogP contribution in [0.15, 0.2) is 23.2 Å². The number of guanidine groups is 1. The molecule has 2 saturated heterocycles. The van der Waals surface area contributed by atoms with Crippen molar-refractivity contribution in [3.63, 3.8) is 0 Å². The highest BCUT2D eigenvalue weighted by molar-refractivity contribution is 5.79. The van der Waals surface area contributed by atoms with E-state index in [2.05, 4.69) is 27.5 Å². The van der Waals surface area contributed by atoms with Gasteiger partial charge in [0.2, 0.25) is 0 Å². The van der Waals surface area contributed by atoms with Crippen molar-refractivity contribution in [3.05, 3.63) is 35.4 Å². The van der Waals surface area contributed by atoms with Gasteiger partial charge in [-0.05, 0) is 96.0 Å². The number of aliphatic imine (C=N–C) groups is 1. The third-order valence-corrected chi connectivity index (χ3v) is 6.51. The summed E-state index contributed by atoms with van der Waals surface area (Å²) in [6, 6.07) is 3.61. The Bertz CT molecular complexity index is 695. The van der Waals surface area contributed by atoms with Crippen LogP contribution in [0.4, 0.5) is 8.78 Å². The molecule has 2 heterocycles. The first-order valence-electron chi connectivity index (χ1n) is 11.4. The van der Waals surface area contributed by atoms with Crippen molar-refractivity contribution < 1.29 is 8.78 Å². The first kappa shape index (κ1) is 22.9. The number of likely N-dealkylation sites (tertiary alicyclic amines) is 2. The van der Waals surface area contributed by atoms with E-state index in [0.29, 0.717) is 18.5 Å². The minimum atomic E-state index is -0.405. The van der Waals surface area contributed by atoms with E-state index in [0.717, 1.165) is 51.0 Å². The second-order valence-electron chi connectivity index (χ2n) is 8.68. The average molecular weight is 422 g/mol. The first-order chi connectivity index (χ1) is 14.5. The maximum Gasteiger partial charge on any atom is 0.191 e. The van der Waals surface area contributed by atoms with Gasteiger partial charge in [-0.15, -0.1) is 0 Å². The SMILES string of the molecule is CCNC(=NCC1(N2CCCCC2)CCN(C)CC1)NCCc1cc(F)ccc1F. The topological polar surface area (TPSA) is 42.9 Å². The lowest BCUT2D eigenvalue weighted by Crippen LogP contribution is -2.58. The minimum absolute atomic E-state index is 0.129. The molecular formula is C23H37F2N5. The highest BCUT2D eigenvalue weighted by Gasteiger charge is 2.39. The highest BCUT2D eigenvalue weighted by Crippen LogP contribution is 2.31. The summed E-state index contributed by atoms with van der Waals surface area (Å²) in [7, 11) is 2.20. The van der Waals surface area contributed by atoms with Crippen molar-refractivity contribution in [2.45, 2.75) is 51.0 Å². The Hall–Kier alpha value is -1.73. The molecule has 0 aromatic heterocycles. The summed E-state index contributed by atoms with van der Waals surface area (Å²) in [5, 5.41) is 6.61. The maximum absolute atomic E-state index is 13.9. The number of rotatable bonds is 7. The van der Waals surface area contributed by atoms with Gasteiger partial charge in [0.15, 0.2) is 5.96 Å². The number of hydrogen-bond donors (Lipinski definition) is 2. The summed E-state index contributed by atoms with van der Waals surface area (Å²) in [6.07, 6.45) is 6.58. The number of piperidine rings is 2. The van der Waals surface area contributed by atoms with Gasteiger partial charge >= 0.3 is 0 Å². The Labute approximate surface area is 179 Å². The van der Waals surface area contributed by atoms with Crippen LogP contribution in [0.25, 0.3) is 0 Å². The van der Waals surface area contributed by atoms with Gasteiger partial charge in [0, 0.05) is 18.6 Å². The molecule has 0 radical (unpaired) electrons. The molecule has 2 N–H and O–H groups in total. The van der Waals surface area contributed by atoms with Crippen molar-refractivity contribution in [3.8, 4) is 0 Å². The Morgan fingerprint density at radius 2 is 1.80 bits per heavy atom. The molecule has 0 atom stereocenters. The lowest BCUT2D eigenvalue weighted by atomic mass is 9.84. The van der Waals surface area contributed by atoms with Gasteiger partial charge in [0.1, 0.15) is 11.6 Å². The molecule has 1 aromatic carbocycles. The lowest BCUT2D eigenvalue weighted by Gasteiger charge is -2.49. The predicted molar refractivity (Wildman–Crippen MR) is 119 cm³/mol. The Balaban J connectivity index is 1.64. The Morgan fingerprint density at radius 1 is 1.07 bits per heavy atom. The standard InChI is InChI=1S/C23H37F2N5/c1-3-26-22(27-12-9-19-17-20(24)7-8-21(19)25)28-18-23(10-15-29(2)16-11-23)30-13-5-4-6-14-30/h7-8,17H,3-6,9-16,18H2,1-2H3,(H2,26,27,28). The van der Waals surface area contributed by atoms with Crippen molar-refractivity contribution in [1.29, 1.82) is 0 Å². The molecule has 2 aliphatic heterocycles. The van der Waals surface area contributed by atoms with Crippen molar-refractivity contribution in [2.75, 3.05) is 52.9 Å². The van der Waals surface area contributed by atoms with E-state index in [1.165, 1.54) is 44.5 Å². The molecule has 2 aliphatic rings. The monoisotopic (exact) mass is 421 g/mol. The molecule has 0 unspecified atom stereocenters. The fourth-order valence-electron chi connectivity index (χ4n) is 4.60. The van der Waals surface area contributed by atoms with Gasteiger partial charge in [-0.3, -0.25) is 9.89 Å². The molecule has 0 amide bonds. The summed E-state index contributed by atoms with van der Waals surface area (Å²) in [5.74, 6) is -0.0159. The summed E-state index contributed by atoms with van der Waals surface area (Å²) in [4.78, 5) is 10.0. The molecule has 168 valence electrons. The van der Waals surface area contributed by atoms with Crippen LogP contribution in [-0.2, 0) is 6.42 Å². The maximum atomic E-state index is 13.9. The predicted octanol–water partition coefficient (Wildman–Crippen LogP) is 3.01. The van der Waals surface area contributed by atoms with Gasteiger partial charge in [-0.25, -0.2) is 8.78 Å². The van der Waals surface area contributed by atoms with E-state index in [1.807, 2.05) is 6.92 Å². The molecule has 0 spiro atoms. The first-order valence-corrected chi connectivity index (χ1v) is 11.4. The number of hydrogen-bond acceptors (Lipinski definition) is 3. The van der Waals surface area contributed by atoms with Crippen molar-refractivity contribution in [2.24, 2.45) is 4.99 Å². The summed E-state index contributed by atoms with van der Waals surface area (Å²) < 4.78 is 27.3. The lowest BCUT2D eigenvalue weighted by molar-refractivity contribution is 0.0208. The summed E-state index contributed by atoms with van der Waals surface area (Å²) >= 11 is 0. The normalized spacial score (nSPS) is 20.9. The quantitative estimate of drug-likeness (QED) is 0.525. The van der Waals surface area contributed by atoms with Crippen LogP contribution in [-0.4, -0.2) is 74.2 Å². The van der Waals surface area contributed by atoms with E-state index in [1.54, 1.807) is 0 Å². The fourth-order valence-corrected chi connectivity index (χ4v) is 4.60. The number of nitrogens with one attached hydrogen (secondary N) is 2. The van der Waals surface area contributed by atoms with E-state index in [4.69, 9.17) is 4.99 Å². The molecule has 0 aliphatic carbocycles. The zero-order valence-electron chi connectivity index (χ0n) is 18.5. The zero-order chi connectivity index (χ0) is 21.4. The van der Waals surface area contributed by atoms with Crippen LogP contribution < -0.4 is 10.6 Å². The largest absolute Gasteiger partial charge is 0.357 e. The summed E-state index contributed by atoms with van der Waals surface area (Å²) in [5.41, 5.74) is 0.516. The highest BCUT2D eigenvalue weighted by atomic mass is 19.1. The molecule has 0 bridgehead atoms. The molecule has 5 nitrogen and oxygen atoms in total. The van der Waals surface area contributed by atoms with E-state index in [-0.39, 0.29) is 11.4 Å². The van der Waals surface area contributed by atoms with Gasteiger partial charge in [0.25, 0.3) is 0 Å². The fraction of sp³-hybridized carbons (Fsp3) is 0.696. The second-order valence-corrected chi connectivity index (χ2v) is 8.68. The molecule has 2 fully saturated rings. The minimum Gasteiger partial charge on any atom is -0.357 e. The number of nitrogens with zero attached hydrogens (tertiary/aromatic N) is 3. The van der Waals surface area contributed by atoms with Gasteiger partial charge in [-0.1, -0.05) is 6.42 Å². The number of halogens is 2. The van der Waals surface area contributed by atoms with Crippen LogP contribution in [0.5, 0.6) is 0 Å². The van der Waals surface area contributed by atoms with Crippen LogP contribution in [0.2, 0.25) is 0 Å². The molecule has 3 rings (SSSR count). The average Bonchev–Trinajstić information content (AvgIpc) is 2.76. The van der Waals surface area contributed by atoms with Crippen molar-refractivity contribution >= 4 is 5.96 Å². The van der Waals surface area contributed by atoms with E-state index >= 15 is 0 Å². The molecule has 0 saturated carbocycles. The Kier molecular flexibility index (Phi) is 8.45. The van der Waals surface area contributed by atoms with Crippen LogP contribution >= 0.6 is 0 Å². The van der Waals surface area contributed by atoms with E-state index < -0.39 is 5.82 Å². The smallest absolute Gasteiger partial charge is 0.191 e. The van der Waals surface area contributed by atoms with E-state index in [9.17, 15) is 8.78 Å². The van der Waals surface area contributed by atoms with Gasteiger partial charge in [0.05, 0.1) is 6.54 Å². The molecule has 30 heavy (non-hydrogen) atoms. The molecule has 7 heteroatoms. The van der Waals surface area contributed by atoms with Gasteiger partial charge in [-0.2, -0.15) is 0 Å². The zero-order valence-corrected chi connectivity index (χ0v) is 18.5. The van der Waals surface area contributed by atoms with Crippen LogP contribution in [0.1, 0.15) is 44.6 Å². The van der Waals surface area contributed by atoms with Crippen LogP contribution in [0, 0.1) is 11.6 Å². The second kappa shape index (κ2) is 11.0.